The quantitative estimate of drug-likeness (QED) is 0.148. The number of H-pyrrole nitrogens is 1. The van der Waals surface area contributed by atoms with Crippen LogP contribution in [0.5, 0.6) is 5.88 Å². The van der Waals surface area contributed by atoms with Crippen LogP contribution in [-0.2, 0) is 29.7 Å². The average molecular weight is 739 g/mol. The minimum Gasteiger partial charge on any atom is -0.473 e. The molecule has 2 fully saturated rings. The first-order valence-electron chi connectivity index (χ1n) is 18.7. The Morgan fingerprint density at radius 1 is 0.982 bits per heavy atom. The number of amides is 1. The SMILES string of the molecule is C1COC1.Cc1cc2c(C#N)ccc(COc3cccc(C4CCN(Cc5nc6cc(NC=O)ccc6n5C)CC4)n3)c2o1.Cc1ccc2n[nH]c(C)c2c1. The van der Waals surface area contributed by atoms with Gasteiger partial charge in [-0.25, -0.2) is 9.97 Å². The minimum atomic E-state index is 0.314. The van der Waals surface area contributed by atoms with Gasteiger partial charge < -0.3 is 23.8 Å². The first-order valence-corrected chi connectivity index (χ1v) is 18.7. The number of anilines is 1. The summed E-state index contributed by atoms with van der Waals surface area (Å²) in [6, 6.07) is 25.8. The molecule has 2 N–H and O–H groups in total. The second-order valence-corrected chi connectivity index (χ2v) is 14.1. The molecule has 4 aromatic heterocycles. The number of carbonyl (C=O) groups is 1. The third-order valence-corrected chi connectivity index (χ3v) is 10.2. The number of furan rings is 1. The molecule has 0 saturated carbocycles. The Bertz CT molecular complexity index is 2460. The van der Waals surface area contributed by atoms with Crippen molar-refractivity contribution in [3.63, 3.8) is 0 Å². The smallest absolute Gasteiger partial charge is 0.213 e. The second-order valence-electron chi connectivity index (χ2n) is 14.1. The monoisotopic (exact) mass is 738 g/mol. The summed E-state index contributed by atoms with van der Waals surface area (Å²) in [5.41, 5.74) is 9.37. The normalized spacial score (nSPS) is 14.4. The van der Waals surface area contributed by atoms with Crippen LogP contribution < -0.4 is 10.1 Å². The molecule has 12 nitrogen and oxygen atoms in total. The topological polar surface area (TPSA) is 147 Å². The van der Waals surface area contributed by atoms with Crippen LogP contribution in [0.2, 0.25) is 0 Å². The summed E-state index contributed by atoms with van der Waals surface area (Å²) in [6.45, 7) is 11.0. The largest absolute Gasteiger partial charge is 0.473 e. The van der Waals surface area contributed by atoms with E-state index in [2.05, 4.69) is 56.2 Å². The number of hydrogen-bond acceptors (Lipinski definition) is 9. The summed E-state index contributed by atoms with van der Waals surface area (Å²) in [5.74, 6) is 2.73. The van der Waals surface area contributed by atoms with Crippen LogP contribution in [0.25, 0.3) is 32.9 Å². The Balaban J connectivity index is 0.000000256. The molecule has 0 spiro atoms. The van der Waals surface area contributed by atoms with Gasteiger partial charge in [-0.15, -0.1) is 0 Å². The van der Waals surface area contributed by atoms with Crippen LogP contribution in [0.4, 0.5) is 5.69 Å². The number of carbonyl (C=O) groups excluding carboxylic acids is 1. The Hall–Kier alpha value is -6.03. The lowest BCUT2D eigenvalue weighted by Crippen LogP contribution is -2.33. The first-order chi connectivity index (χ1) is 26.8. The van der Waals surface area contributed by atoms with Gasteiger partial charge in [0.05, 0.1) is 34.7 Å². The number of aromatic amines is 1. The zero-order chi connectivity index (χ0) is 38.3. The fraction of sp³-hybridized carbons (Fsp3) is 0.326. The van der Waals surface area contributed by atoms with Gasteiger partial charge in [0.2, 0.25) is 12.3 Å². The van der Waals surface area contributed by atoms with E-state index in [0.29, 0.717) is 36.0 Å². The molecule has 55 heavy (non-hydrogen) atoms. The molecular weight excluding hydrogens is 693 g/mol. The maximum atomic E-state index is 10.8. The number of likely N-dealkylation sites (tertiary alicyclic amines) is 1. The van der Waals surface area contributed by atoms with Crippen molar-refractivity contribution in [2.45, 2.75) is 59.1 Å². The zero-order valence-corrected chi connectivity index (χ0v) is 31.8. The van der Waals surface area contributed by atoms with Gasteiger partial charge in [0, 0.05) is 65.7 Å². The molecule has 7 aromatic rings. The number of nitrogens with zero attached hydrogens (tertiary/aromatic N) is 6. The highest BCUT2D eigenvalue weighted by molar-refractivity contribution is 5.87. The molecule has 6 heterocycles. The highest BCUT2D eigenvalue weighted by Crippen LogP contribution is 2.31. The van der Waals surface area contributed by atoms with E-state index in [-0.39, 0.29) is 0 Å². The molecule has 1 amide bonds. The van der Waals surface area contributed by atoms with Crippen molar-refractivity contribution in [1.29, 1.82) is 5.26 Å². The van der Waals surface area contributed by atoms with E-state index in [4.69, 9.17) is 23.9 Å². The number of nitrogens with one attached hydrogen (secondary N) is 2. The third kappa shape index (κ3) is 8.70. The number of hydrogen-bond donors (Lipinski definition) is 2. The maximum Gasteiger partial charge on any atom is 0.213 e. The molecule has 0 aliphatic carbocycles. The number of rotatable bonds is 8. The number of benzene rings is 3. The van der Waals surface area contributed by atoms with Crippen molar-refractivity contribution in [3.05, 3.63) is 112 Å². The summed E-state index contributed by atoms with van der Waals surface area (Å²) < 4.78 is 18.8. The van der Waals surface area contributed by atoms with Gasteiger partial charge in [-0.05, 0) is 102 Å². The van der Waals surface area contributed by atoms with Crippen LogP contribution in [0.15, 0.2) is 77.2 Å². The summed E-state index contributed by atoms with van der Waals surface area (Å²) >= 11 is 0. The van der Waals surface area contributed by atoms with Crippen molar-refractivity contribution in [2.24, 2.45) is 7.05 Å². The van der Waals surface area contributed by atoms with Gasteiger partial charge >= 0.3 is 0 Å². The molecule has 0 unspecified atom stereocenters. The van der Waals surface area contributed by atoms with Crippen molar-refractivity contribution in [1.82, 2.24) is 29.6 Å². The van der Waals surface area contributed by atoms with Crippen LogP contribution in [-0.4, -0.2) is 62.3 Å². The number of nitriles is 1. The number of aryl methyl sites for hydroxylation is 4. The number of ether oxygens (including phenoxy) is 2. The summed E-state index contributed by atoms with van der Waals surface area (Å²) in [6.07, 6.45) is 3.98. The van der Waals surface area contributed by atoms with E-state index in [9.17, 15) is 10.1 Å². The van der Waals surface area contributed by atoms with E-state index >= 15 is 0 Å². The van der Waals surface area contributed by atoms with Crippen molar-refractivity contribution < 1.29 is 18.7 Å². The van der Waals surface area contributed by atoms with Crippen LogP contribution in [0.3, 0.4) is 0 Å². The Morgan fingerprint density at radius 2 is 1.78 bits per heavy atom. The molecule has 2 aliphatic rings. The highest BCUT2D eigenvalue weighted by atomic mass is 16.5. The number of imidazole rings is 1. The lowest BCUT2D eigenvalue weighted by atomic mass is 9.93. The van der Waals surface area contributed by atoms with Gasteiger partial charge in [-0.3, -0.25) is 14.8 Å². The lowest BCUT2D eigenvalue weighted by molar-refractivity contribution is -0.105. The first kappa shape index (κ1) is 37.3. The van der Waals surface area contributed by atoms with Crippen LogP contribution in [0, 0.1) is 32.1 Å². The number of fused-ring (bicyclic) bond motifs is 3. The number of piperidine rings is 1. The minimum absolute atomic E-state index is 0.314. The van der Waals surface area contributed by atoms with E-state index in [1.165, 1.54) is 17.4 Å². The summed E-state index contributed by atoms with van der Waals surface area (Å²) in [5, 5.41) is 21.2. The van der Waals surface area contributed by atoms with E-state index in [1.54, 1.807) is 0 Å². The summed E-state index contributed by atoms with van der Waals surface area (Å²) in [7, 11) is 2.04. The number of aromatic nitrogens is 5. The third-order valence-electron chi connectivity index (χ3n) is 10.2. The van der Waals surface area contributed by atoms with E-state index in [1.807, 2.05) is 75.5 Å². The van der Waals surface area contributed by atoms with Crippen molar-refractivity contribution in [3.8, 4) is 11.9 Å². The standard InChI is InChI=1S/C31H30N6O3.C9H10N2.C3H6O/c1-20-14-25-22(16-32)6-7-23(31(25)40-20)18-39-30-5-3-4-26(35-30)21-10-12-37(13-11-21)17-29-34-27-15-24(33-19-38)8-9-28(27)36(29)2;1-6-3-4-9-8(5-6)7(2)10-11-9;1-2-4-3-1/h3-9,14-15,19,21H,10-13,17-18H2,1-2H3,(H,33,38);3-5H,1-2H3,(H,10,11);1-3H2. The van der Waals surface area contributed by atoms with E-state index in [0.717, 1.165) is 102 Å². The predicted molar refractivity (Wildman–Crippen MR) is 213 cm³/mol. The molecule has 282 valence electrons. The summed E-state index contributed by atoms with van der Waals surface area (Å²) in [4.78, 5) is 22.9. The average Bonchev–Trinajstić information content (AvgIpc) is 3.84. The van der Waals surface area contributed by atoms with Gasteiger partial charge in [-0.2, -0.15) is 10.4 Å². The molecular formula is C43H46N8O4. The molecule has 0 radical (unpaired) electrons. The second kappa shape index (κ2) is 17.0. The molecule has 12 heteroatoms. The van der Waals surface area contributed by atoms with Gasteiger partial charge in [0.25, 0.3) is 0 Å². The Morgan fingerprint density at radius 3 is 2.53 bits per heavy atom. The molecule has 3 aromatic carbocycles. The zero-order valence-electron chi connectivity index (χ0n) is 31.8. The van der Waals surface area contributed by atoms with E-state index < -0.39 is 0 Å². The molecule has 0 bridgehead atoms. The Labute approximate surface area is 320 Å². The van der Waals surface area contributed by atoms with Gasteiger partial charge in [-0.1, -0.05) is 23.8 Å². The Kier molecular flexibility index (Phi) is 11.5. The maximum absolute atomic E-state index is 10.8. The fourth-order valence-corrected chi connectivity index (χ4v) is 6.94. The molecule has 0 atom stereocenters. The lowest BCUT2D eigenvalue weighted by Gasteiger charge is -2.31. The van der Waals surface area contributed by atoms with Crippen LogP contribution in [0.1, 0.15) is 64.8 Å². The predicted octanol–water partition coefficient (Wildman–Crippen LogP) is 8.01. The highest BCUT2D eigenvalue weighted by Gasteiger charge is 2.23. The molecule has 2 saturated heterocycles. The van der Waals surface area contributed by atoms with Gasteiger partial charge in [0.1, 0.15) is 23.8 Å². The van der Waals surface area contributed by atoms with Crippen molar-refractivity contribution in [2.75, 3.05) is 31.6 Å². The van der Waals surface area contributed by atoms with Crippen molar-refractivity contribution >= 4 is 45.0 Å². The van der Waals surface area contributed by atoms with Crippen LogP contribution >= 0.6 is 0 Å². The van der Waals surface area contributed by atoms with Gasteiger partial charge in [0.15, 0.2) is 0 Å². The fourth-order valence-electron chi connectivity index (χ4n) is 6.94. The number of pyridine rings is 1. The molecule has 9 rings (SSSR count). The molecule has 2 aliphatic heterocycles.